The summed E-state index contributed by atoms with van der Waals surface area (Å²) in [6.07, 6.45) is 17.2. The van der Waals surface area contributed by atoms with Gasteiger partial charge in [0.2, 0.25) is 0 Å². The molecular weight excluding hydrogens is 376 g/mol. The largest absolute Gasteiger partial charge is 0.390 e. The summed E-state index contributed by atoms with van der Waals surface area (Å²) in [6, 6.07) is 0. The molecule has 178 valence electrons. The summed E-state index contributed by atoms with van der Waals surface area (Å²) in [7, 11) is 0. The average Bonchev–Trinajstić information content (AvgIpc) is 2.62. The fourth-order valence-electron chi connectivity index (χ4n) is 8.50. The number of hydrogen-bond donors (Lipinski definition) is 1. The Balaban J connectivity index is 1.62. The zero-order valence-electron chi connectivity index (χ0n) is 21.9. The first-order chi connectivity index (χ1) is 14.3. The highest BCUT2D eigenvalue weighted by atomic mass is 16.3. The van der Waals surface area contributed by atoms with Crippen LogP contribution in [0.25, 0.3) is 0 Å². The summed E-state index contributed by atoms with van der Waals surface area (Å²) in [6.45, 7) is 21.2. The van der Waals surface area contributed by atoms with E-state index in [1.807, 2.05) is 0 Å². The molecule has 31 heavy (non-hydrogen) atoms. The topological polar surface area (TPSA) is 20.2 Å². The standard InChI is InChI=1S/C30H52O/c1-22(15-16-24-23(2)13-10-18-27(24,3)4)12-9-14-26-29(7)20-11-19-28(5,6)25(29)17-21-30(26,8)31/h12,24-26,31H,2,9-11,13-21H2,1,3-8H3/t24-,25?,26-,29+,30-/m1/s1. The highest BCUT2D eigenvalue weighted by molar-refractivity contribution is 5.12. The molecule has 3 aliphatic rings. The lowest BCUT2D eigenvalue weighted by atomic mass is 9.45. The lowest BCUT2D eigenvalue weighted by Gasteiger charge is -2.61. The van der Waals surface area contributed by atoms with Crippen LogP contribution >= 0.6 is 0 Å². The van der Waals surface area contributed by atoms with Crippen LogP contribution in [-0.2, 0) is 0 Å². The number of rotatable bonds is 6. The molecule has 3 fully saturated rings. The Bertz CT molecular complexity index is 679. The molecule has 0 heterocycles. The number of fused-ring (bicyclic) bond motifs is 1. The van der Waals surface area contributed by atoms with Gasteiger partial charge < -0.3 is 5.11 Å². The van der Waals surface area contributed by atoms with Crippen LogP contribution in [0.1, 0.15) is 126 Å². The van der Waals surface area contributed by atoms with Gasteiger partial charge in [-0.05, 0) is 118 Å². The third-order valence-electron chi connectivity index (χ3n) is 10.3. The van der Waals surface area contributed by atoms with Crippen molar-refractivity contribution in [3.63, 3.8) is 0 Å². The van der Waals surface area contributed by atoms with Crippen molar-refractivity contribution in [3.05, 3.63) is 23.8 Å². The summed E-state index contributed by atoms with van der Waals surface area (Å²) in [4.78, 5) is 0. The zero-order valence-corrected chi connectivity index (χ0v) is 21.9. The van der Waals surface area contributed by atoms with Gasteiger partial charge in [0.1, 0.15) is 0 Å². The van der Waals surface area contributed by atoms with Crippen molar-refractivity contribution in [2.24, 2.45) is 34.0 Å². The van der Waals surface area contributed by atoms with Gasteiger partial charge in [0, 0.05) is 0 Å². The molecule has 0 aromatic carbocycles. The molecule has 1 nitrogen and oxygen atoms in total. The summed E-state index contributed by atoms with van der Waals surface area (Å²) in [5.41, 5.74) is 3.63. The monoisotopic (exact) mass is 428 g/mol. The summed E-state index contributed by atoms with van der Waals surface area (Å²) in [5.74, 6) is 1.84. The van der Waals surface area contributed by atoms with Gasteiger partial charge in [-0.15, -0.1) is 0 Å². The molecule has 0 radical (unpaired) electrons. The van der Waals surface area contributed by atoms with E-state index in [-0.39, 0.29) is 5.41 Å². The predicted molar refractivity (Wildman–Crippen MR) is 135 cm³/mol. The fraction of sp³-hybridized carbons (Fsp3) is 0.867. The van der Waals surface area contributed by atoms with Crippen molar-refractivity contribution < 1.29 is 5.11 Å². The Morgan fingerprint density at radius 1 is 0.968 bits per heavy atom. The van der Waals surface area contributed by atoms with E-state index in [0.29, 0.717) is 22.7 Å². The quantitative estimate of drug-likeness (QED) is 0.419. The second kappa shape index (κ2) is 9.00. The molecule has 0 aromatic heterocycles. The van der Waals surface area contributed by atoms with Crippen molar-refractivity contribution >= 4 is 0 Å². The minimum atomic E-state index is -0.510. The van der Waals surface area contributed by atoms with E-state index in [2.05, 4.69) is 61.1 Å². The molecule has 3 rings (SSSR count). The number of aliphatic hydroxyl groups is 1. The summed E-state index contributed by atoms with van der Waals surface area (Å²) < 4.78 is 0. The van der Waals surface area contributed by atoms with Gasteiger partial charge in [-0.3, -0.25) is 0 Å². The Labute approximate surface area is 194 Å². The second-order valence-electron chi connectivity index (χ2n) is 13.6. The maximum absolute atomic E-state index is 11.4. The second-order valence-corrected chi connectivity index (χ2v) is 13.6. The van der Waals surface area contributed by atoms with Gasteiger partial charge in [0.15, 0.2) is 0 Å². The van der Waals surface area contributed by atoms with Crippen LogP contribution in [0, 0.1) is 34.0 Å². The van der Waals surface area contributed by atoms with Crippen LogP contribution in [0.4, 0.5) is 0 Å². The lowest BCUT2D eigenvalue weighted by molar-refractivity contribution is -0.168. The first-order valence-electron chi connectivity index (χ1n) is 13.4. The Morgan fingerprint density at radius 3 is 2.32 bits per heavy atom. The molecule has 0 aromatic rings. The minimum absolute atomic E-state index is 0.287. The van der Waals surface area contributed by atoms with Crippen molar-refractivity contribution in [1.82, 2.24) is 0 Å². The highest BCUT2D eigenvalue weighted by Crippen LogP contribution is 2.62. The van der Waals surface area contributed by atoms with E-state index in [0.717, 1.165) is 25.2 Å². The lowest BCUT2D eigenvalue weighted by Crippen LogP contribution is -2.57. The van der Waals surface area contributed by atoms with Crippen molar-refractivity contribution in [2.75, 3.05) is 0 Å². The maximum Gasteiger partial charge on any atom is 0.0653 e. The van der Waals surface area contributed by atoms with E-state index in [4.69, 9.17) is 0 Å². The molecule has 0 saturated heterocycles. The highest BCUT2D eigenvalue weighted by Gasteiger charge is 2.57. The smallest absolute Gasteiger partial charge is 0.0653 e. The molecule has 1 N–H and O–H groups in total. The Hall–Kier alpha value is -0.560. The van der Waals surface area contributed by atoms with Gasteiger partial charge >= 0.3 is 0 Å². The molecule has 0 spiro atoms. The van der Waals surface area contributed by atoms with Crippen molar-refractivity contribution in [2.45, 2.75) is 131 Å². The van der Waals surface area contributed by atoms with Crippen LogP contribution in [0.2, 0.25) is 0 Å². The average molecular weight is 429 g/mol. The SMILES string of the molecule is C=C1CCCC(C)(C)[C@@H]1CCC(C)=CCC[C@@H]1[C@@]2(C)CCCC(C)(C)C2CC[C@@]1(C)O. The summed E-state index contributed by atoms with van der Waals surface area (Å²) >= 11 is 0. The van der Waals surface area contributed by atoms with Crippen LogP contribution in [-0.4, -0.2) is 10.7 Å². The Kier molecular flexibility index (Phi) is 7.28. The third kappa shape index (κ3) is 5.18. The van der Waals surface area contributed by atoms with E-state index in [1.165, 1.54) is 68.9 Å². The van der Waals surface area contributed by atoms with Crippen LogP contribution < -0.4 is 0 Å². The molecule has 3 saturated carbocycles. The normalized spacial score (nSPS) is 40.5. The van der Waals surface area contributed by atoms with Gasteiger partial charge in [-0.2, -0.15) is 0 Å². The molecule has 0 amide bonds. The van der Waals surface area contributed by atoms with Gasteiger partial charge in [-0.25, -0.2) is 0 Å². The third-order valence-corrected chi connectivity index (χ3v) is 10.3. The van der Waals surface area contributed by atoms with Crippen LogP contribution in [0.15, 0.2) is 23.8 Å². The first kappa shape index (κ1) is 25.1. The fourth-order valence-corrected chi connectivity index (χ4v) is 8.50. The predicted octanol–water partition coefficient (Wildman–Crippen LogP) is 8.87. The number of allylic oxidation sites excluding steroid dienone is 3. The molecule has 1 heteroatoms. The van der Waals surface area contributed by atoms with Crippen molar-refractivity contribution in [1.29, 1.82) is 0 Å². The first-order valence-corrected chi connectivity index (χ1v) is 13.4. The molecule has 0 aliphatic heterocycles. The Morgan fingerprint density at radius 2 is 1.65 bits per heavy atom. The molecule has 5 atom stereocenters. The van der Waals surface area contributed by atoms with Crippen molar-refractivity contribution in [3.8, 4) is 0 Å². The van der Waals surface area contributed by atoms with E-state index in [9.17, 15) is 5.11 Å². The van der Waals surface area contributed by atoms with E-state index >= 15 is 0 Å². The van der Waals surface area contributed by atoms with E-state index in [1.54, 1.807) is 0 Å². The van der Waals surface area contributed by atoms with Gasteiger partial charge in [-0.1, -0.05) is 64.8 Å². The molecule has 0 bridgehead atoms. The maximum atomic E-state index is 11.4. The zero-order chi connectivity index (χ0) is 23.1. The molecular formula is C30H52O. The minimum Gasteiger partial charge on any atom is -0.390 e. The summed E-state index contributed by atoms with van der Waals surface area (Å²) in [5, 5.41) is 11.4. The number of hydrogen-bond acceptors (Lipinski definition) is 1. The van der Waals surface area contributed by atoms with Gasteiger partial charge in [0.25, 0.3) is 0 Å². The van der Waals surface area contributed by atoms with E-state index < -0.39 is 5.60 Å². The molecule has 3 aliphatic carbocycles. The molecule has 1 unspecified atom stereocenters. The van der Waals surface area contributed by atoms with Crippen LogP contribution in [0.3, 0.4) is 0 Å². The van der Waals surface area contributed by atoms with Crippen LogP contribution in [0.5, 0.6) is 0 Å². The van der Waals surface area contributed by atoms with Gasteiger partial charge in [0.05, 0.1) is 5.60 Å².